The maximum absolute atomic E-state index is 11.8. The van der Waals surface area contributed by atoms with Crippen molar-refractivity contribution in [2.24, 2.45) is 0 Å². The Morgan fingerprint density at radius 3 is 2.70 bits per heavy atom. The average Bonchev–Trinajstić information content (AvgIpc) is 2.51. The molecule has 8 nitrogen and oxygen atoms in total. The summed E-state index contributed by atoms with van der Waals surface area (Å²) in [6.07, 6.45) is -4.97. The van der Waals surface area contributed by atoms with Gasteiger partial charge >= 0.3 is 5.69 Å². The molecule has 0 aliphatic carbocycles. The predicted octanol–water partition coefficient (Wildman–Crippen LogP) is -1.73. The molecule has 0 radical (unpaired) electrons. The van der Waals surface area contributed by atoms with Gasteiger partial charge in [-0.05, 0) is 6.07 Å². The molecule has 0 bridgehead atoms. The van der Waals surface area contributed by atoms with Crippen LogP contribution in [0.25, 0.3) is 0 Å². The van der Waals surface area contributed by atoms with Gasteiger partial charge in [-0.1, -0.05) is 12.2 Å². The van der Waals surface area contributed by atoms with E-state index in [1.807, 2.05) is 0 Å². The lowest BCUT2D eigenvalue weighted by atomic mass is 10.0. The molecule has 0 spiro atoms. The molecule has 0 aromatic carbocycles. The van der Waals surface area contributed by atoms with Crippen molar-refractivity contribution in [3.05, 3.63) is 27.4 Å². The van der Waals surface area contributed by atoms with Crippen LogP contribution in [0.5, 0.6) is 0 Å². The number of hydrogen-bond acceptors (Lipinski definition) is 7. The number of hydrogen-bond donors (Lipinski definition) is 5. The number of aromatic nitrogens is 2. The van der Waals surface area contributed by atoms with Crippen molar-refractivity contribution < 1.29 is 25.2 Å². The van der Waals surface area contributed by atoms with Crippen LogP contribution in [0, 0.1) is 4.64 Å². The minimum Gasteiger partial charge on any atom is -0.394 e. The summed E-state index contributed by atoms with van der Waals surface area (Å²) in [5.41, 5.74) is -0.544. The minimum atomic E-state index is -1.46. The first-order valence-electron chi connectivity index (χ1n) is 6.06. The molecule has 2 rings (SSSR count). The zero-order valence-electron chi connectivity index (χ0n) is 10.4. The van der Waals surface area contributed by atoms with Gasteiger partial charge in [0.15, 0.2) is 0 Å². The van der Waals surface area contributed by atoms with Crippen molar-refractivity contribution in [2.45, 2.75) is 37.1 Å². The highest BCUT2D eigenvalue weighted by Gasteiger charge is 2.39. The summed E-state index contributed by atoms with van der Waals surface area (Å²) in [6.45, 7) is -0.557. The van der Waals surface area contributed by atoms with E-state index < -0.39 is 42.9 Å². The van der Waals surface area contributed by atoms with Crippen molar-refractivity contribution in [3.8, 4) is 0 Å². The Morgan fingerprint density at radius 2 is 2.10 bits per heavy atom. The van der Waals surface area contributed by atoms with E-state index in [1.54, 1.807) is 0 Å². The fraction of sp³-hybridized carbons (Fsp3) is 0.636. The topological polar surface area (TPSA) is 128 Å². The molecule has 2 heterocycles. The SMILES string of the molecule is O=c1[nH]c(=S)ccn1C1C[C@@H](O)[C@@H](O)[C@H](O)[C@@H](CO)O1. The molecule has 5 N–H and O–H groups in total. The maximum atomic E-state index is 11.8. The fourth-order valence-corrected chi connectivity index (χ4v) is 2.26. The zero-order valence-corrected chi connectivity index (χ0v) is 11.2. The third kappa shape index (κ3) is 2.97. The van der Waals surface area contributed by atoms with Crippen LogP contribution in [0.4, 0.5) is 0 Å². The van der Waals surface area contributed by atoms with E-state index in [2.05, 4.69) is 4.98 Å². The molecule has 1 aromatic rings. The van der Waals surface area contributed by atoms with Gasteiger partial charge in [-0.2, -0.15) is 0 Å². The van der Waals surface area contributed by atoms with Crippen molar-refractivity contribution in [1.29, 1.82) is 0 Å². The molecule has 5 atom stereocenters. The van der Waals surface area contributed by atoms with E-state index in [1.165, 1.54) is 12.3 Å². The molecule has 1 aliphatic heterocycles. The van der Waals surface area contributed by atoms with E-state index in [0.29, 0.717) is 0 Å². The standard InChI is InChI=1S/C11H16N2O6S/c14-4-6-10(17)9(16)5(15)3-8(19-6)13-2-1-7(20)12-11(13)18/h1-2,5-6,8-10,14-17H,3-4H2,(H,12,18,20)/t5-,6-,8?,9-,10-/m1/s1. The summed E-state index contributed by atoms with van der Waals surface area (Å²) in [4.78, 5) is 14.2. The van der Waals surface area contributed by atoms with Gasteiger partial charge in [-0.3, -0.25) is 9.55 Å². The van der Waals surface area contributed by atoms with E-state index in [9.17, 15) is 25.2 Å². The summed E-state index contributed by atoms with van der Waals surface area (Å²) < 4.78 is 6.80. The summed E-state index contributed by atoms with van der Waals surface area (Å²) in [7, 11) is 0. The second-order valence-electron chi connectivity index (χ2n) is 4.61. The fourth-order valence-electron chi connectivity index (χ4n) is 2.12. The summed E-state index contributed by atoms with van der Waals surface area (Å²) >= 11 is 4.81. The number of nitrogens with zero attached hydrogens (tertiary/aromatic N) is 1. The van der Waals surface area contributed by atoms with Crippen LogP contribution in [-0.2, 0) is 4.74 Å². The Hall–Kier alpha value is -1.10. The third-order valence-corrected chi connectivity index (χ3v) is 3.48. The lowest BCUT2D eigenvalue weighted by Gasteiger charge is -2.24. The average molecular weight is 304 g/mol. The number of aliphatic hydroxyl groups excluding tert-OH is 4. The highest BCUT2D eigenvalue weighted by Crippen LogP contribution is 2.25. The van der Waals surface area contributed by atoms with Crippen molar-refractivity contribution >= 4 is 12.2 Å². The largest absolute Gasteiger partial charge is 0.394 e. The molecule has 9 heteroatoms. The van der Waals surface area contributed by atoms with Crippen LogP contribution in [0.15, 0.2) is 17.1 Å². The van der Waals surface area contributed by atoms with Crippen LogP contribution in [0.3, 0.4) is 0 Å². The summed E-state index contributed by atoms with van der Waals surface area (Å²) in [5, 5.41) is 38.4. The lowest BCUT2D eigenvalue weighted by molar-refractivity contribution is -0.132. The Kier molecular flexibility index (Phi) is 4.68. The summed E-state index contributed by atoms with van der Waals surface area (Å²) in [6, 6.07) is 1.47. The molecule has 112 valence electrons. The molecule has 1 unspecified atom stereocenters. The van der Waals surface area contributed by atoms with Crippen molar-refractivity contribution in [1.82, 2.24) is 9.55 Å². The first kappa shape index (κ1) is 15.3. The lowest BCUT2D eigenvalue weighted by Crippen LogP contribution is -2.44. The number of aromatic amines is 1. The second kappa shape index (κ2) is 6.12. The molecule has 20 heavy (non-hydrogen) atoms. The van der Waals surface area contributed by atoms with Gasteiger partial charge in [-0.15, -0.1) is 0 Å². The molecular formula is C11H16N2O6S. The van der Waals surface area contributed by atoms with Gasteiger partial charge in [0.25, 0.3) is 0 Å². The quantitative estimate of drug-likeness (QED) is 0.411. The number of rotatable bonds is 2. The highest BCUT2D eigenvalue weighted by atomic mass is 32.1. The van der Waals surface area contributed by atoms with E-state index in [0.717, 1.165) is 4.57 Å². The molecule has 1 aliphatic rings. The second-order valence-corrected chi connectivity index (χ2v) is 5.05. The van der Waals surface area contributed by atoms with Gasteiger partial charge in [0.1, 0.15) is 29.2 Å². The first-order valence-corrected chi connectivity index (χ1v) is 6.47. The molecular weight excluding hydrogens is 288 g/mol. The maximum Gasteiger partial charge on any atom is 0.328 e. The monoisotopic (exact) mass is 304 g/mol. The Balaban J connectivity index is 2.35. The Morgan fingerprint density at radius 1 is 1.40 bits per heavy atom. The Bertz CT molecular complexity index is 573. The number of aliphatic hydroxyl groups is 4. The minimum absolute atomic E-state index is 0.112. The van der Waals surface area contributed by atoms with Crippen LogP contribution in [0.2, 0.25) is 0 Å². The number of ether oxygens (including phenoxy) is 1. The van der Waals surface area contributed by atoms with Gasteiger partial charge in [0.2, 0.25) is 0 Å². The van der Waals surface area contributed by atoms with E-state index >= 15 is 0 Å². The number of H-pyrrole nitrogens is 1. The predicted molar refractivity (Wildman–Crippen MR) is 69.5 cm³/mol. The zero-order chi connectivity index (χ0) is 14.9. The number of nitrogens with one attached hydrogen (secondary N) is 1. The van der Waals surface area contributed by atoms with Gasteiger partial charge in [-0.25, -0.2) is 4.79 Å². The van der Waals surface area contributed by atoms with Crippen LogP contribution in [-0.4, -0.2) is 61.0 Å². The van der Waals surface area contributed by atoms with E-state index in [-0.39, 0.29) is 11.1 Å². The van der Waals surface area contributed by atoms with Gasteiger partial charge in [0.05, 0.1) is 12.7 Å². The normalized spacial score (nSPS) is 34.7. The van der Waals surface area contributed by atoms with Crippen molar-refractivity contribution in [2.75, 3.05) is 6.61 Å². The van der Waals surface area contributed by atoms with Gasteiger partial charge < -0.3 is 25.2 Å². The van der Waals surface area contributed by atoms with E-state index in [4.69, 9.17) is 17.0 Å². The van der Waals surface area contributed by atoms with Crippen molar-refractivity contribution in [3.63, 3.8) is 0 Å². The van der Waals surface area contributed by atoms with Crippen LogP contribution in [0.1, 0.15) is 12.6 Å². The Labute approximate surface area is 118 Å². The highest BCUT2D eigenvalue weighted by molar-refractivity contribution is 7.71. The van der Waals surface area contributed by atoms with Gasteiger partial charge in [0, 0.05) is 12.6 Å². The first-order chi connectivity index (χ1) is 9.43. The molecule has 0 amide bonds. The molecule has 1 aromatic heterocycles. The molecule has 0 saturated carbocycles. The smallest absolute Gasteiger partial charge is 0.328 e. The molecule has 1 saturated heterocycles. The van der Waals surface area contributed by atoms with Crippen LogP contribution < -0.4 is 5.69 Å². The molecule has 1 fully saturated rings. The third-order valence-electron chi connectivity index (χ3n) is 3.24. The van der Waals surface area contributed by atoms with Crippen LogP contribution >= 0.6 is 12.2 Å². The summed E-state index contributed by atoms with van der Waals surface area (Å²) in [5.74, 6) is 0.